The monoisotopic (exact) mass is 311 g/mol. The molecule has 8 nitrogen and oxygen atoms in total. The third kappa shape index (κ3) is 5.12. The number of amides is 1. The topological polar surface area (TPSA) is 145 Å². The summed E-state index contributed by atoms with van der Waals surface area (Å²) in [7, 11) is 0. The van der Waals surface area contributed by atoms with Crippen LogP contribution >= 0.6 is 0 Å². The quantitative estimate of drug-likeness (QED) is 0.472. The summed E-state index contributed by atoms with van der Waals surface area (Å²) < 4.78 is 0. The van der Waals surface area contributed by atoms with Crippen LogP contribution in [-0.4, -0.2) is 22.8 Å². The molecule has 0 spiro atoms. The second kappa shape index (κ2) is 7.55. The highest BCUT2D eigenvalue weighted by Crippen LogP contribution is 2.13. The number of benzene rings is 1. The molecule has 1 heterocycles. The maximum atomic E-state index is 12.1. The van der Waals surface area contributed by atoms with E-state index in [2.05, 4.69) is 20.3 Å². The summed E-state index contributed by atoms with van der Waals surface area (Å²) in [5.74, 6) is -0.419. The molecule has 0 saturated heterocycles. The summed E-state index contributed by atoms with van der Waals surface area (Å²) >= 11 is 0. The lowest BCUT2D eigenvalue weighted by Gasteiger charge is -2.05. The summed E-state index contributed by atoms with van der Waals surface area (Å²) in [6, 6.07) is 10.3. The van der Waals surface area contributed by atoms with Gasteiger partial charge in [0, 0.05) is 24.5 Å². The van der Waals surface area contributed by atoms with Crippen LogP contribution in [0, 0.1) is 0 Å². The first-order valence-corrected chi connectivity index (χ1v) is 6.75. The number of nitrogens with zero attached hydrogens (tertiary/aromatic N) is 3. The molecule has 23 heavy (non-hydrogen) atoms. The van der Waals surface area contributed by atoms with E-state index in [0.29, 0.717) is 17.8 Å². The van der Waals surface area contributed by atoms with Crippen LogP contribution in [0.3, 0.4) is 0 Å². The van der Waals surface area contributed by atoms with Gasteiger partial charge in [-0.3, -0.25) is 9.78 Å². The molecule has 0 bridgehead atoms. The summed E-state index contributed by atoms with van der Waals surface area (Å²) in [6.07, 6.45) is 3.38. The van der Waals surface area contributed by atoms with Gasteiger partial charge in [0.1, 0.15) is 0 Å². The standard InChI is InChI=1S/C15H17N7O/c16-14(17)22-15(18)21-12-5-3-11(4-6-12)13(23)20-9-10-2-1-7-19-8-10/h1-8H,9H2,(H,20,23)(H6,16,17,18,21,22). The van der Waals surface area contributed by atoms with Crippen LogP contribution in [0.25, 0.3) is 0 Å². The molecule has 8 heteroatoms. The number of nitrogens with one attached hydrogen (secondary N) is 1. The Hall–Kier alpha value is -3.42. The highest BCUT2D eigenvalue weighted by Gasteiger charge is 2.05. The van der Waals surface area contributed by atoms with Crippen LogP contribution in [0.1, 0.15) is 15.9 Å². The molecular weight excluding hydrogens is 294 g/mol. The van der Waals surface area contributed by atoms with Crippen molar-refractivity contribution in [3.05, 3.63) is 59.9 Å². The number of aliphatic imine (C=N–C) groups is 2. The van der Waals surface area contributed by atoms with Gasteiger partial charge in [0.25, 0.3) is 5.91 Å². The van der Waals surface area contributed by atoms with E-state index in [1.165, 1.54) is 0 Å². The third-order valence-electron chi connectivity index (χ3n) is 2.79. The predicted molar refractivity (Wildman–Crippen MR) is 88.9 cm³/mol. The van der Waals surface area contributed by atoms with Crippen molar-refractivity contribution in [2.24, 2.45) is 27.2 Å². The van der Waals surface area contributed by atoms with Crippen molar-refractivity contribution in [1.29, 1.82) is 0 Å². The van der Waals surface area contributed by atoms with Gasteiger partial charge in [-0.25, -0.2) is 4.99 Å². The van der Waals surface area contributed by atoms with E-state index >= 15 is 0 Å². The summed E-state index contributed by atoms with van der Waals surface area (Å²) in [4.78, 5) is 23.6. The highest BCUT2D eigenvalue weighted by molar-refractivity contribution is 5.95. The van der Waals surface area contributed by atoms with E-state index in [-0.39, 0.29) is 17.8 Å². The normalized spacial score (nSPS) is 10.9. The molecule has 1 amide bonds. The minimum Gasteiger partial charge on any atom is -0.370 e. The van der Waals surface area contributed by atoms with E-state index in [0.717, 1.165) is 5.56 Å². The van der Waals surface area contributed by atoms with Crippen molar-refractivity contribution in [1.82, 2.24) is 10.3 Å². The summed E-state index contributed by atoms with van der Waals surface area (Å²) in [6.45, 7) is 0.407. The first-order chi connectivity index (χ1) is 11.0. The van der Waals surface area contributed by atoms with Gasteiger partial charge in [0.05, 0.1) is 5.69 Å². The Bertz CT molecular complexity index is 719. The molecule has 0 radical (unpaired) electrons. The van der Waals surface area contributed by atoms with Gasteiger partial charge >= 0.3 is 0 Å². The Labute approximate surface area is 133 Å². The zero-order valence-electron chi connectivity index (χ0n) is 12.3. The number of hydrogen-bond donors (Lipinski definition) is 4. The largest absolute Gasteiger partial charge is 0.370 e. The fourth-order valence-corrected chi connectivity index (χ4v) is 1.76. The highest BCUT2D eigenvalue weighted by atomic mass is 16.1. The average Bonchev–Trinajstić information content (AvgIpc) is 2.53. The van der Waals surface area contributed by atoms with Gasteiger partial charge in [-0.15, -0.1) is 0 Å². The van der Waals surface area contributed by atoms with E-state index in [1.807, 2.05) is 12.1 Å². The number of hydrogen-bond acceptors (Lipinski definition) is 3. The van der Waals surface area contributed by atoms with Crippen molar-refractivity contribution in [3.8, 4) is 0 Å². The number of nitrogens with two attached hydrogens (primary N) is 3. The van der Waals surface area contributed by atoms with Crippen LogP contribution in [0.2, 0.25) is 0 Å². The number of pyridine rings is 1. The minimum atomic E-state index is -0.193. The molecule has 0 atom stereocenters. The number of guanidine groups is 2. The third-order valence-corrected chi connectivity index (χ3v) is 2.79. The molecule has 1 aromatic carbocycles. The zero-order chi connectivity index (χ0) is 16.7. The predicted octanol–water partition coefficient (Wildman–Crippen LogP) is 0.231. The van der Waals surface area contributed by atoms with Gasteiger partial charge in [0.15, 0.2) is 5.96 Å². The van der Waals surface area contributed by atoms with Gasteiger partial charge in [-0.2, -0.15) is 4.99 Å². The lowest BCUT2D eigenvalue weighted by Crippen LogP contribution is -2.26. The molecule has 0 aliphatic carbocycles. The van der Waals surface area contributed by atoms with Gasteiger partial charge < -0.3 is 22.5 Å². The number of carbonyl (C=O) groups excluding carboxylic acids is 1. The fourth-order valence-electron chi connectivity index (χ4n) is 1.76. The maximum absolute atomic E-state index is 12.1. The molecule has 2 rings (SSSR count). The second-order valence-electron chi connectivity index (χ2n) is 4.60. The molecule has 0 fully saturated rings. The number of carbonyl (C=O) groups is 1. The first-order valence-electron chi connectivity index (χ1n) is 6.75. The molecule has 1 aromatic heterocycles. The molecule has 0 aliphatic heterocycles. The van der Waals surface area contributed by atoms with Gasteiger partial charge in [-0.05, 0) is 35.9 Å². The van der Waals surface area contributed by atoms with E-state index < -0.39 is 0 Å². The van der Waals surface area contributed by atoms with Gasteiger partial charge in [-0.1, -0.05) is 6.07 Å². The van der Waals surface area contributed by atoms with Crippen molar-refractivity contribution in [2.75, 3.05) is 0 Å². The Balaban J connectivity index is 1.99. The van der Waals surface area contributed by atoms with Crippen LogP contribution in [0.5, 0.6) is 0 Å². The molecule has 0 aliphatic rings. The zero-order valence-corrected chi connectivity index (χ0v) is 12.3. The lowest BCUT2D eigenvalue weighted by atomic mass is 10.2. The van der Waals surface area contributed by atoms with Crippen molar-refractivity contribution >= 4 is 23.5 Å². The summed E-state index contributed by atoms with van der Waals surface area (Å²) in [5, 5.41) is 2.81. The van der Waals surface area contributed by atoms with Crippen molar-refractivity contribution in [3.63, 3.8) is 0 Å². The van der Waals surface area contributed by atoms with Crippen molar-refractivity contribution in [2.45, 2.75) is 6.54 Å². The molecular formula is C15H17N7O. The number of rotatable bonds is 4. The molecule has 0 unspecified atom stereocenters. The van der Waals surface area contributed by atoms with Crippen LogP contribution in [0.15, 0.2) is 58.8 Å². The molecule has 7 N–H and O–H groups in total. The van der Waals surface area contributed by atoms with Crippen LogP contribution in [-0.2, 0) is 6.54 Å². The fraction of sp³-hybridized carbons (Fsp3) is 0.0667. The van der Waals surface area contributed by atoms with E-state index in [9.17, 15) is 4.79 Å². The SMILES string of the molecule is NC(N)=NC(N)=Nc1ccc(C(=O)NCc2cccnc2)cc1. The average molecular weight is 311 g/mol. The van der Waals surface area contributed by atoms with E-state index in [4.69, 9.17) is 17.2 Å². The maximum Gasteiger partial charge on any atom is 0.251 e. The Morgan fingerprint density at radius 1 is 1.13 bits per heavy atom. The molecule has 118 valence electrons. The minimum absolute atomic E-state index is 0.0567. The van der Waals surface area contributed by atoms with Crippen LogP contribution in [0.4, 0.5) is 5.69 Å². The van der Waals surface area contributed by atoms with E-state index in [1.54, 1.807) is 36.7 Å². The van der Waals surface area contributed by atoms with Crippen LogP contribution < -0.4 is 22.5 Å². The first kappa shape index (κ1) is 16.0. The molecule has 2 aromatic rings. The lowest BCUT2D eigenvalue weighted by molar-refractivity contribution is 0.0951. The Kier molecular flexibility index (Phi) is 5.24. The summed E-state index contributed by atoms with van der Waals surface area (Å²) in [5.41, 5.74) is 17.9. The van der Waals surface area contributed by atoms with Crippen molar-refractivity contribution < 1.29 is 4.79 Å². The smallest absolute Gasteiger partial charge is 0.251 e. The molecule has 0 saturated carbocycles. The Morgan fingerprint density at radius 2 is 1.87 bits per heavy atom. The Morgan fingerprint density at radius 3 is 2.48 bits per heavy atom. The number of aromatic nitrogens is 1. The second-order valence-corrected chi connectivity index (χ2v) is 4.60. The van der Waals surface area contributed by atoms with Gasteiger partial charge in [0.2, 0.25) is 5.96 Å².